The fourth-order valence-corrected chi connectivity index (χ4v) is 4.25. The lowest BCUT2D eigenvalue weighted by Crippen LogP contribution is -2.40. The number of nitrogens with zero attached hydrogens (tertiary/aromatic N) is 4. The van der Waals surface area contributed by atoms with E-state index in [1.54, 1.807) is 18.1 Å². The fourth-order valence-electron chi connectivity index (χ4n) is 3.55. The van der Waals surface area contributed by atoms with E-state index < -0.39 is 0 Å². The highest BCUT2D eigenvalue weighted by molar-refractivity contribution is 7.12. The summed E-state index contributed by atoms with van der Waals surface area (Å²) in [5.74, 6) is 0.478. The van der Waals surface area contributed by atoms with Crippen LogP contribution in [0.1, 0.15) is 28.3 Å². The maximum atomic E-state index is 12.6. The van der Waals surface area contributed by atoms with Gasteiger partial charge in [0, 0.05) is 13.1 Å². The zero-order valence-corrected chi connectivity index (χ0v) is 18.9. The molecule has 2 aromatic heterocycles. The number of aromatic nitrogens is 3. The van der Waals surface area contributed by atoms with Crippen molar-refractivity contribution in [2.24, 2.45) is 5.92 Å². The van der Waals surface area contributed by atoms with Gasteiger partial charge >= 0.3 is 5.97 Å². The van der Waals surface area contributed by atoms with E-state index in [1.165, 1.54) is 11.3 Å². The number of ether oxygens (including phenoxy) is 2. The van der Waals surface area contributed by atoms with E-state index in [9.17, 15) is 9.59 Å². The van der Waals surface area contributed by atoms with Crippen LogP contribution in [0, 0.1) is 5.92 Å². The van der Waals surface area contributed by atoms with E-state index in [2.05, 4.69) is 20.3 Å². The molecule has 0 radical (unpaired) electrons. The van der Waals surface area contributed by atoms with E-state index in [-0.39, 0.29) is 42.1 Å². The molecule has 1 aliphatic rings. The Kier molecular flexibility index (Phi) is 6.98. The van der Waals surface area contributed by atoms with Crippen LogP contribution in [-0.2, 0) is 16.1 Å². The molecule has 172 valence electrons. The molecule has 0 bridgehead atoms. The first kappa shape index (κ1) is 22.5. The number of esters is 1. The number of piperidine rings is 1. The van der Waals surface area contributed by atoms with E-state index >= 15 is 0 Å². The Morgan fingerprint density at radius 1 is 1.15 bits per heavy atom. The monoisotopic (exact) mass is 468 g/mol. The molecule has 11 heteroatoms. The molecule has 0 atom stereocenters. The first-order chi connectivity index (χ1) is 16.0. The summed E-state index contributed by atoms with van der Waals surface area (Å²) in [4.78, 5) is 39.9. The second-order valence-electron chi connectivity index (χ2n) is 7.41. The molecule has 33 heavy (non-hydrogen) atoms. The van der Waals surface area contributed by atoms with Gasteiger partial charge in [-0.2, -0.15) is 15.0 Å². The molecule has 0 aliphatic carbocycles. The van der Waals surface area contributed by atoms with Crippen LogP contribution in [0.2, 0.25) is 0 Å². The van der Waals surface area contributed by atoms with Crippen molar-refractivity contribution in [1.82, 2.24) is 19.9 Å². The third kappa shape index (κ3) is 5.55. The van der Waals surface area contributed by atoms with Crippen LogP contribution in [0.4, 0.5) is 17.6 Å². The van der Waals surface area contributed by atoms with Crippen molar-refractivity contribution in [2.45, 2.75) is 19.4 Å². The molecule has 1 saturated heterocycles. The van der Waals surface area contributed by atoms with E-state index in [1.807, 2.05) is 35.7 Å². The lowest BCUT2D eigenvalue weighted by molar-refractivity contribution is -0.151. The van der Waals surface area contributed by atoms with E-state index in [0.29, 0.717) is 42.2 Å². The Labute approximate surface area is 194 Å². The van der Waals surface area contributed by atoms with Gasteiger partial charge in [0.2, 0.25) is 11.9 Å². The fraction of sp³-hybridized carbons (Fsp3) is 0.318. The lowest BCUT2D eigenvalue weighted by atomic mass is 9.97. The molecule has 10 nitrogen and oxygen atoms in total. The zero-order valence-electron chi connectivity index (χ0n) is 18.1. The quantitative estimate of drug-likeness (QED) is 0.502. The predicted molar refractivity (Wildman–Crippen MR) is 123 cm³/mol. The Morgan fingerprint density at radius 2 is 1.94 bits per heavy atom. The number of hydrogen-bond acceptors (Lipinski definition) is 10. The minimum Gasteiger partial charge on any atom is -0.495 e. The molecule has 3 heterocycles. The standard InChI is InChI=1S/C22H24N6O4S/c1-31-16-6-3-2-5-15(16)24-22-26-18(25-21(23)27-22)13-32-20(30)14-8-10-28(11-9-14)19(29)17-7-4-12-33-17/h2-7,12,14H,8-11,13H2,1H3,(H3,23,24,25,26,27). The Morgan fingerprint density at radius 3 is 2.67 bits per heavy atom. The maximum Gasteiger partial charge on any atom is 0.309 e. The zero-order chi connectivity index (χ0) is 23.2. The normalized spacial score (nSPS) is 14.0. The van der Waals surface area contributed by atoms with Crippen LogP contribution >= 0.6 is 11.3 Å². The summed E-state index contributed by atoms with van der Waals surface area (Å²) in [7, 11) is 1.57. The van der Waals surface area contributed by atoms with Crippen LogP contribution in [0.15, 0.2) is 41.8 Å². The summed E-state index contributed by atoms with van der Waals surface area (Å²) < 4.78 is 10.7. The molecule has 3 aromatic rings. The summed E-state index contributed by atoms with van der Waals surface area (Å²) in [5, 5.41) is 4.92. The van der Waals surface area contributed by atoms with Crippen LogP contribution in [0.3, 0.4) is 0 Å². The molecule has 1 amide bonds. The second-order valence-corrected chi connectivity index (χ2v) is 8.36. The number of amides is 1. The molecule has 0 unspecified atom stereocenters. The van der Waals surface area contributed by atoms with Crippen molar-refractivity contribution in [3.05, 3.63) is 52.5 Å². The van der Waals surface area contributed by atoms with Gasteiger partial charge in [0.15, 0.2) is 12.4 Å². The van der Waals surface area contributed by atoms with Crippen LogP contribution in [0.5, 0.6) is 5.75 Å². The van der Waals surface area contributed by atoms with Gasteiger partial charge in [-0.25, -0.2) is 0 Å². The van der Waals surface area contributed by atoms with Crippen molar-refractivity contribution in [3.8, 4) is 5.75 Å². The van der Waals surface area contributed by atoms with Crippen LogP contribution in [-0.4, -0.2) is 51.9 Å². The molecule has 0 spiro atoms. The van der Waals surface area contributed by atoms with Gasteiger partial charge in [-0.05, 0) is 36.4 Å². The summed E-state index contributed by atoms with van der Waals surface area (Å²) in [6.45, 7) is 0.908. The highest BCUT2D eigenvalue weighted by Gasteiger charge is 2.29. The van der Waals surface area contributed by atoms with Gasteiger partial charge in [-0.3, -0.25) is 9.59 Å². The van der Waals surface area contributed by atoms with Crippen molar-refractivity contribution in [3.63, 3.8) is 0 Å². The number of para-hydroxylation sites is 2. The number of carbonyl (C=O) groups is 2. The third-order valence-electron chi connectivity index (χ3n) is 5.24. The van der Waals surface area contributed by atoms with Gasteiger partial charge in [-0.15, -0.1) is 11.3 Å². The molecule has 1 aliphatic heterocycles. The van der Waals surface area contributed by atoms with Crippen molar-refractivity contribution < 1.29 is 19.1 Å². The minimum atomic E-state index is -0.337. The predicted octanol–water partition coefficient (Wildman–Crippen LogP) is 2.86. The summed E-state index contributed by atoms with van der Waals surface area (Å²) >= 11 is 1.42. The molecule has 0 saturated carbocycles. The Bertz CT molecular complexity index is 1120. The van der Waals surface area contributed by atoms with Gasteiger partial charge in [0.25, 0.3) is 5.91 Å². The van der Waals surface area contributed by atoms with Gasteiger partial charge < -0.3 is 25.4 Å². The molecule has 1 aromatic carbocycles. The summed E-state index contributed by atoms with van der Waals surface area (Å²) in [5.41, 5.74) is 6.47. The molecule has 1 fully saturated rings. The largest absolute Gasteiger partial charge is 0.495 e. The second kappa shape index (κ2) is 10.3. The van der Waals surface area contributed by atoms with Crippen LogP contribution < -0.4 is 15.8 Å². The number of likely N-dealkylation sites (tertiary alicyclic amines) is 1. The number of benzene rings is 1. The highest BCUT2D eigenvalue weighted by Crippen LogP contribution is 2.26. The first-order valence-corrected chi connectivity index (χ1v) is 11.3. The molecule has 4 rings (SSSR count). The van der Waals surface area contributed by atoms with E-state index in [0.717, 1.165) is 0 Å². The number of anilines is 3. The number of carbonyl (C=O) groups excluding carboxylic acids is 2. The molecule has 3 N–H and O–H groups in total. The SMILES string of the molecule is COc1ccccc1Nc1nc(N)nc(COC(=O)C2CCN(C(=O)c3cccs3)CC2)n1. The number of nitrogens with one attached hydrogen (secondary N) is 1. The van der Waals surface area contributed by atoms with E-state index in [4.69, 9.17) is 15.2 Å². The molecular weight excluding hydrogens is 444 g/mol. The number of rotatable bonds is 7. The minimum absolute atomic E-state index is 0.00699. The van der Waals surface area contributed by atoms with Gasteiger partial charge in [-0.1, -0.05) is 18.2 Å². The van der Waals surface area contributed by atoms with Crippen LogP contribution in [0.25, 0.3) is 0 Å². The number of nitrogens with two attached hydrogens (primary N) is 1. The highest BCUT2D eigenvalue weighted by atomic mass is 32.1. The average Bonchev–Trinajstić information content (AvgIpc) is 3.37. The number of nitrogen functional groups attached to an aromatic ring is 1. The number of methoxy groups -OCH3 is 1. The van der Waals surface area contributed by atoms with Gasteiger partial charge in [0.1, 0.15) is 5.75 Å². The Hall–Kier alpha value is -3.73. The smallest absolute Gasteiger partial charge is 0.309 e. The third-order valence-corrected chi connectivity index (χ3v) is 6.10. The lowest BCUT2D eigenvalue weighted by Gasteiger charge is -2.30. The van der Waals surface area contributed by atoms with Gasteiger partial charge in [0.05, 0.1) is 23.6 Å². The number of thiophene rings is 1. The Balaban J connectivity index is 1.32. The number of hydrogen-bond donors (Lipinski definition) is 2. The summed E-state index contributed by atoms with van der Waals surface area (Å²) in [6, 6.07) is 11.0. The molecular formula is C22H24N6O4S. The topological polar surface area (TPSA) is 133 Å². The van der Waals surface area contributed by atoms with Crippen molar-refractivity contribution >= 4 is 40.8 Å². The summed E-state index contributed by atoms with van der Waals surface area (Å²) in [6.07, 6.45) is 1.10. The van der Waals surface area contributed by atoms with Crippen molar-refractivity contribution in [2.75, 3.05) is 31.2 Å². The first-order valence-electron chi connectivity index (χ1n) is 10.4. The van der Waals surface area contributed by atoms with Crippen molar-refractivity contribution in [1.29, 1.82) is 0 Å². The average molecular weight is 469 g/mol. The maximum absolute atomic E-state index is 12.6.